The Morgan fingerprint density at radius 1 is 1.26 bits per heavy atom. The summed E-state index contributed by atoms with van der Waals surface area (Å²) in [4.78, 5) is 12.5. The molecule has 0 unspecified atom stereocenters. The van der Waals surface area contributed by atoms with Crippen LogP contribution in [0.4, 0.5) is 5.69 Å². The van der Waals surface area contributed by atoms with Crippen LogP contribution in [-0.2, 0) is 11.4 Å². The van der Waals surface area contributed by atoms with Gasteiger partial charge in [0.1, 0.15) is 35.5 Å². The lowest BCUT2D eigenvalue weighted by atomic mass is 10.1. The molecule has 3 aromatic rings. The van der Waals surface area contributed by atoms with Crippen LogP contribution in [0.1, 0.15) is 22.6 Å². The van der Waals surface area contributed by atoms with Crippen LogP contribution in [0.3, 0.4) is 0 Å². The highest BCUT2D eigenvalue weighted by molar-refractivity contribution is 6.32. The van der Waals surface area contributed by atoms with Crippen LogP contribution in [0.25, 0.3) is 6.08 Å². The quantitative estimate of drug-likeness (QED) is 0.409. The number of halogens is 1. The summed E-state index contributed by atoms with van der Waals surface area (Å²) in [5.74, 6) is 1.32. The third-order valence-electron chi connectivity index (χ3n) is 4.53. The average molecular weight is 438 g/mol. The first-order chi connectivity index (χ1) is 14.9. The Kier molecular flexibility index (Phi) is 6.96. The van der Waals surface area contributed by atoms with E-state index in [0.717, 1.165) is 17.0 Å². The van der Waals surface area contributed by atoms with Crippen LogP contribution in [0.15, 0.2) is 52.6 Å². The third kappa shape index (κ3) is 5.44. The number of ether oxygens (including phenoxy) is 2. The fourth-order valence-electron chi connectivity index (χ4n) is 2.78. The molecule has 0 fully saturated rings. The topological polar surface area (TPSA) is 97.4 Å². The molecule has 158 valence electrons. The van der Waals surface area contributed by atoms with Crippen molar-refractivity contribution in [3.63, 3.8) is 0 Å². The Bertz CT molecular complexity index is 1140. The number of hydrogen-bond donors (Lipinski definition) is 1. The van der Waals surface area contributed by atoms with E-state index in [9.17, 15) is 10.1 Å². The van der Waals surface area contributed by atoms with Gasteiger partial charge in [-0.2, -0.15) is 5.26 Å². The number of rotatable bonds is 7. The fourth-order valence-corrected chi connectivity index (χ4v) is 3.04. The second-order valence-electron chi connectivity index (χ2n) is 6.63. The summed E-state index contributed by atoms with van der Waals surface area (Å²) in [6, 6.07) is 13.8. The predicted octanol–water partition coefficient (Wildman–Crippen LogP) is 5.08. The molecule has 0 saturated heterocycles. The highest BCUT2D eigenvalue weighted by atomic mass is 35.5. The second-order valence-corrected chi connectivity index (χ2v) is 7.04. The van der Waals surface area contributed by atoms with Gasteiger partial charge >= 0.3 is 0 Å². The molecule has 0 radical (unpaired) electrons. The number of benzene rings is 2. The standard InChI is InChI=1S/C23H20ClN3O4/c1-14-20(15(2)31-27-14)13-30-19-7-4-16(5-8-19)10-17(12-25)23(28)26-18-6-9-22(29-3)21(24)11-18/h4-11H,13H2,1-3H3,(H,26,28)/b17-10+. The van der Waals surface area contributed by atoms with E-state index in [1.54, 1.807) is 42.5 Å². The molecule has 3 rings (SSSR count). The van der Waals surface area contributed by atoms with E-state index < -0.39 is 5.91 Å². The van der Waals surface area contributed by atoms with Crippen molar-refractivity contribution in [1.29, 1.82) is 5.26 Å². The van der Waals surface area contributed by atoms with E-state index in [1.165, 1.54) is 13.2 Å². The van der Waals surface area contributed by atoms with Crippen molar-refractivity contribution >= 4 is 29.3 Å². The second kappa shape index (κ2) is 9.83. The molecule has 0 aliphatic carbocycles. The number of nitrogens with one attached hydrogen (secondary N) is 1. The molecule has 1 amide bonds. The lowest BCUT2D eigenvalue weighted by molar-refractivity contribution is -0.112. The molecule has 0 aliphatic heterocycles. The first-order valence-corrected chi connectivity index (χ1v) is 9.70. The summed E-state index contributed by atoms with van der Waals surface area (Å²) in [5.41, 5.74) is 2.80. The maximum absolute atomic E-state index is 12.5. The summed E-state index contributed by atoms with van der Waals surface area (Å²) >= 11 is 6.07. The number of aromatic nitrogens is 1. The fraction of sp³-hybridized carbons (Fsp3) is 0.174. The maximum atomic E-state index is 12.5. The van der Waals surface area contributed by atoms with E-state index in [4.69, 9.17) is 25.6 Å². The van der Waals surface area contributed by atoms with Crippen LogP contribution in [-0.4, -0.2) is 18.2 Å². The van der Waals surface area contributed by atoms with Gasteiger partial charge in [-0.1, -0.05) is 28.9 Å². The van der Waals surface area contributed by atoms with E-state index in [-0.39, 0.29) is 5.57 Å². The van der Waals surface area contributed by atoms with E-state index in [0.29, 0.717) is 34.4 Å². The molecule has 1 aromatic heterocycles. The van der Waals surface area contributed by atoms with Crippen LogP contribution < -0.4 is 14.8 Å². The molecule has 8 heteroatoms. The first kappa shape index (κ1) is 21.9. The van der Waals surface area contributed by atoms with Gasteiger partial charge in [0, 0.05) is 5.69 Å². The number of hydrogen-bond acceptors (Lipinski definition) is 6. The molecular formula is C23H20ClN3O4. The van der Waals surface area contributed by atoms with Gasteiger partial charge in [0.05, 0.1) is 23.4 Å². The van der Waals surface area contributed by atoms with Crippen LogP contribution in [0.5, 0.6) is 11.5 Å². The van der Waals surface area contributed by atoms with Crippen molar-refractivity contribution < 1.29 is 18.8 Å². The minimum absolute atomic E-state index is 0.0451. The van der Waals surface area contributed by atoms with Crippen molar-refractivity contribution in [2.75, 3.05) is 12.4 Å². The van der Waals surface area contributed by atoms with Crippen molar-refractivity contribution in [2.24, 2.45) is 0 Å². The SMILES string of the molecule is COc1ccc(NC(=O)/C(C#N)=C/c2ccc(OCc3c(C)noc3C)cc2)cc1Cl. The van der Waals surface area contributed by atoms with Crippen molar-refractivity contribution in [2.45, 2.75) is 20.5 Å². The molecule has 1 N–H and O–H groups in total. The van der Waals surface area contributed by atoms with E-state index >= 15 is 0 Å². The number of methoxy groups -OCH3 is 1. The molecule has 1 heterocycles. The molecule has 2 aromatic carbocycles. The van der Waals surface area contributed by atoms with Crippen LogP contribution in [0, 0.1) is 25.2 Å². The van der Waals surface area contributed by atoms with E-state index in [1.807, 2.05) is 19.9 Å². The van der Waals surface area contributed by atoms with Crippen molar-refractivity contribution in [3.05, 3.63) is 75.6 Å². The minimum Gasteiger partial charge on any atom is -0.495 e. The molecule has 0 aliphatic rings. The summed E-state index contributed by atoms with van der Waals surface area (Å²) in [7, 11) is 1.50. The van der Waals surface area contributed by atoms with Gasteiger partial charge in [-0.05, 0) is 55.8 Å². The normalized spacial score (nSPS) is 11.0. The Hall–Kier alpha value is -3.76. The summed E-state index contributed by atoms with van der Waals surface area (Å²) in [6.07, 6.45) is 1.50. The van der Waals surface area contributed by atoms with Crippen molar-refractivity contribution in [3.8, 4) is 17.6 Å². The largest absolute Gasteiger partial charge is 0.495 e. The zero-order valence-corrected chi connectivity index (χ0v) is 18.0. The molecule has 0 bridgehead atoms. The Morgan fingerprint density at radius 2 is 2.00 bits per heavy atom. The molecule has 7 nitrogen and oxygen atoms in total. The van der Waals surface area contributed by atoms with Gasteiger partial charge in [-0.15, -0.1) is 0 Å². The molecule has 0 spiro atoms. The highest BCUT2D eigenvalue weighted by Crippen LogP contribution is 2.27. The van der Waals surface area contributed by atoms with Gasteiger partial charge in [-0.3, -0.25) is 4.79 Å². The Labute approximate surface area is 184 Å². The average Bonchev–Trinajstić information content (AvgIpc) is 3.08. The highest BCUT2D eigenvalue weighted by Gasteiger charge is 2.12. The smallest absolute Gasteiger partial charge is 0.266 e. The van der Waals surface area contributed by atoms with Crippen LogP contribution >= 0.6 is 11.6 Å². The third-order valence-corrected chi connectivity index (χ3v) is 4.83. The lowest BCUT2D eigenvalue weighted by Crippen LogP contribution is -2.13. The van der Waals surface area contributed by atoms with E-state index in [2.05, 4.69) is 10.5 Å². The number of nitriles is 1. The monoisotopic (exact) mass is 437 g/mol. The number of anilines is 1. The minimum atomic E-state index is -0.539. The number of carbonyl (C=O) groups is 1. The lowest BCUT2D eigenvalue weighted by Gasteiger charge is -2.08. The van der Waals surface area contributed by atoms with Crippen LogP contribution in [0.2, 0.25) is 5.02 Å². The Balaban J connectivity index is 1.67. The van der Waals surface area contributed by atoms with Gasteiger partial charge in [0.25, 0.3) is 5.91 Å². The first-order valence-electron chi connectivity index (χ1n) is 9.32. The summed E-state index contributed by atoms with van der Waals surface area (Å²) in [6.45, 7) is 4.03. The maximum Gasteiger partial charge on any atom is 0.266 e. The molecular weight excluding hydrogens is 418 g/mol. The summed E-state index contributed by atoms with van der Waals surface area (Å²) < 4.78 is 16.0. The zero-order chi connectivity index (χ0) is 22.4. The molecule has 31 heavy (non-hydrogen) atoms. The van der Waals surface area contributed by atoms with Gasteiger partial charge < -0.3 is 19.3 Å². The zero-order valence-electron chi connectivity index (χ0n) is 17.2. The number of carbonyl (C=O) groups excluding carboxylic acids is 1. The van der Waals surface area contributed by atoms with Gasteiger partial charge in [0.2, 0.25) is 0 Å². The molecule has 0 saturated carbocycles. The number of amides is 1. The Morgan fingerprint density at radius 3 is 2.58 bits per heavy atom. The van der Waals surface area contributed by atoms with Gasteiger partial charge in [0.15, 0.2) is 0 Å². The molecule has 0 atom stereocenters. The van der Waals surface area contributed by atoms with Crippen molar-refractivity contribution in [1.82, 2.24) is 5.16 Å². The van der Waals surface area contributed by atoms with Gasteiger partial charge in [-0.25, -0.2) is 0 Å². The number of nitrogens with zero attached hydrogens (tertiary/aromatic N) is 2. The number of aryl methyl sites for hydroxylation is 2. The summed E-state index contributed by atoms with van der Waals surface area (Å²) in [5, 5.41) is 16.3. The predicted molar refractivity (Wildman–Crippen MR) is 117 cm³/mol.